The van der Waals surface area contributed by atoms with E-state index >= 15 is 0 Å². The van der Waals surface area contributed by atoms with Gasteiger partial charge in [0.05, 0.1) is 5.69 Å². The van der Waals surface area contributed by atoms with Crippen LogP contribution in [0, 0.1) is 6.92 Å². The molecule has 0 radical (unpaired) electrons. The van der Waals surface area contributed by atoms with Gasteiger partial charge in [-0.15, -0.1) is 22.7 Å². The van der Waals surface area contributed by atoms with Crippen LogP contribution in [0.4, 0.5) is 0 Å². The monoisotopic (exact) mass is 306 g/mol. The van der Waals surface area contributed by atoms with Gasteiger partial charge >= 0.3 is 5.97 Å². The van der Waals surface area contributed by atoms with E-state index in [2.05, 4.69) is 20.2 Å². The molecule has 0 unspecified atom stereocenters. The second kappa shape index (κ2) is 5.51. The summed E-state index contributed by atoms with van der Waals surface area (Å²) in [5, 5.41) is 9.07. The van der Waals surface area contributed by atoms with Crippen molar-refractivity contribution in [1.29, 1.82) is 0 Å². The van der Waals surface area contributed by atoms with Gasteiger partial charge in [-0.05, 0) is 18.4 Å². The van der Waals surface area contributed by atoms with E-state index in [9.17, 15) is 4.79 Å². The molecule has 0 amide bonds. The molecular weight excluding hydrogens is 296 g/mol. The third-order valence-electron chi connectivity index (χ3n) is 2.53. The molecule has 20 heavy (non-hydrogen) atoms. The number of thiophene rings is 1. The zero-order valence-corrected chi connectivity index (χ0v) is 12.1. The number of thiazole rings is 1. The Bertz CT molecular complexity index is 704. The van der Waals surface area contributed by atoms with Crippen LogP contribution in [0.3, 0.4) is 0 Å². The number of hydrogen-bond acceptors (Lipinski definition) is 7. The second-order valence-corrected chi connectivity index (χ2v) is 5.95. The summed E-state index contributed by atoms with van der Waals surface area (Å²) in [6, 6.07) is 3.85. The molecule has 0 aliphatic carbocycles. The van der Waals surface area contributed by atoms with E-state index in [-0.39, 0.29) is 12.6 Å². The molecule has 0 bridgehead atoms. The van der Waals surface area contributed by atoms with Gasteiger partial charge in [0.15, 0.2) is 10.8 Å². The number of aromatic amines is 1. The Morgan fingerprint density at radius 1 is 1.50 bits per heavy atom. The van der Waals surface area contributed by atoms with Gasteiger partial charge in [-0.2, -0.15) is 5.10 Å². The molecule has 102 valence electrons. The first-order valence-electron chi connectivity index (χ1n) is 5.76. The van der Waals surface area contributed by atoms with Gasteiger partial charge in [-0.3, -0.25) is 5.10 Å². The maximum atomic E-state index is 12.1. The summed E-state index contributed by atoms with van der Waals surface area (Å²) in [4.78, 5) is 21.9. The van der Waals surface area contributed by atoms with Crippen molar-refractivity contribution in [2.45, 2.75) is 13.5 Å². The molecule has 0 spiro atoms. The SMILES string of the molecule is Cc1nc(-c2ncn[nH]2)sc1C(=O)OCc1cccs1. The normalized spacial score (nSPS) is 10.7. The second-order valence-electron chi connectivity index (χ2n) is 3.92. The average Bonchev–Trinajstić information content (AvgIpc) is 3.17. The molecule has 0 aromatic carbocycles. The lowest BCUT2D eigenvalue weighted by Gasteiger charge is -2.01. The molecule has 3 aromatic heterocycles. The van der Waals surface area contributed by atoms with Crippen LogP contribution in [0.5, 0.6) is 0 Å². The van der Waals surface area contributed by atoms with Crippen LogP contribution in [0.1, 0.15) is 20.2 Å². The maximum absolute atomic E-state index is 12.1. The van der Waals surface area contributed by atoms with Crippen LogP contribution in [-0.2, 0) is 11.3 Å². The molecule has 3 aromatic rings. The number of aryl methyl sites for hydroxylation is 1. The predicted molar refractivity (Wildman–Crippen MR) is 75.7 cm³/mol. The molecule has 0 aliphatic heterocycles. The minimum atomic E-state index is -0.362. The number of H-pyrrole nitrogens is 1. The molecule has 0 fully saturated rings. The van der Waals surface area contributed by atoms with Crippen molar-refractivity contribution in [2.75, 3.05) is 0 Å². The number of carbonyl (C=O) groups is 1. The van der Waals surface area contributed by atoms with E-state index in [1.54, 1.807) is 18.3 Å². The number of hydrogen-bond donors (Lipinski definition) is 1. The number of rotatable bonds is 4. The molecular formula is C12H10N4O2S2. The zero-order valence-electron chi connectivity index (χ0n) is 10.5. The smallest absolute Gasteiger partial charge is 0.350 e. The summed E-state index contributed by atoms with van der Waals surface area (Å²) >= 11 is 2.80. The highest BCUT2D eigenvalue weighted by Crippen LogP contribution is 2.26. The van der Waals surface area contributed by atoms with Crippen molar-refractivity contribution in [3.05, 3.63) is 39.3 Å². The van der Waals surface area contributed by atoms with Crippen molar-refractivity contribution < 1.29 is 9.53 Å². The van der Waals surface area contributed by atoms with Crippen LogP contribution in [-0.4, -0.2) is 26.1 Å². The molecule has 1 N–H and O–H groups in total. The zero-order chi connectivity index (χ0) is 13.9. The average molecular weight is 306 g/mol. The lowest BCUT2D eigenvalue weighted by molar-refractivity contribution is 0.0481. The first kappa shape index (κ1) is 12.9. The third kappa shape index (κ3) is 2.61. The summed E-state index contributed by atoms with van der Waals surface area (Å²) in [6.07, 6.45) is 1.40. The van der Waals surface area contributed by atoms with Gasteiger partial charge in [0, 0.05) is 4.88 Å². The fraction of sp³-hybridized carbons (Fsp3) is 0.167. The highest BCUT2D eigenvalue weighted by Gasteiger charge is 2.18. The third-order valence-corrected chi connectivity index (χ3v) is 4.52. The maximum Gasteiger partial charge on any atom is 0.350 e. The first-order chi connectivity index (χ1) is 9.74. The Morgan fingerprint density at radius 2 is 2.40 bits per heavy atom. The predicted octanol–water partition coefficient (Wildman–Crippen LogP) is 2.66. The molecule has 0 saturated carbocycles. The van der Waals surface area contributed by atoms with Crippen molar-refractivity contribution in [3.63, 3.8) is 0 Å². The number of carbonyl (C=O) groups excluding carboxylic acids is 1. The van der Waals surface area contributed by atoms with Crippen LogP contribution in [0.15, 0.2) is 23.8 Å². The standard InChI is InChI=1S/C12H10N4O2S2/c1-7-9(12(17)18-5-8-3-2-4-19-8)20-11(15-7)10-13-6-14-16-10/h2-4,6H,5H2,1H3,(H,13,14,16). The minimum absolute atomic E-state index is 0.283. The molecule has 0 atom stereocenters. The summed E-state index contributed by atoms with van der Waals surface area (Å²) in [5.41, 5.74) is 0.637. The summed E-state index contributed by atoms with van der Waals surface area (Å²) < 4.78 is 5.28. The molecule has 3 heterocycles. The van der Waals surface area contributed by atoms with Gasteiger partial charge in [0.2, 0.25) is 0 Å². The van der Waals surface area contributed by atoms with E-state index in [0.29, 0.717) is 21.4 Å². The largest absolute Gasteiger partial charge is 0.456 e. The van der Waals surface area contributed by atoms with Crippen LogP contribution in [0.25, 0.3) is 10.8 Å². The molecule has 3 rings (SSSR count). The number of ether oxygens (including phenoxy) is 1. The van der Waals surface area contributed by atoms with Crippen molar-refractivity contribution in [1.82, 2.24) is 20.2 Å². The molecule has 6 nitrogen and oxygen atoms in total. The fourth-order valence-electron chi connectivity index (χ4n) is 1.59. The van der Waals surface area contributed by atoms with E-state index in [4.69, 9.17) is 4.74 Å². The Hall–Kier alpha value is -2.06. The summed E-state index contributed by atoms with van der Waals surface area (Å²) in [6.45, 7) is 2.06. The van der Waals surface area contributed by atoms with Crippen LogP contribution < -0.4 is 0 Å². The van der Waals surface area contributed by atoms with Crippen molar-refractivity contribution >= 4 is 28.6 Å². The van der Waals surface area contributed by atoms with Crippen molar-refractivity contribution in [2.24, 2.45) is 0 Å². The Morgan fingerprint density at radius 3 is 3.10 bits per heavy atom. The van der Waals surface area contributed by atoms with Gasteiger partial charge < -0.3 is 4.74 Å². The number of nitrogens with one attached hydrogen (secondary N) is 1. The quantitative estimate of drug-likeness (QED) is 0.749. The first-order valence-corrected chi connectivity index (χ1v) is 7.46. The molecule has 0 saturated heterocycles. The van der Waals surface area contributed by atoms with Crippen LogP contribution >= 0.6 is 22.7 Å². The van der Waals surface area contributed by atoms with Crippen LogP contribution in [0.2, 0.25) is 0 Å². The highest BCUT2D eigenvalue weighted by atomic mass is 32.1. The lowest BCUT2D eigenvalue weighted by atomic mass is 10.4. The lowest BCUT2D eigenvalue weighted by Crippen LogP contribution is -2.03. The number of esters is 1. The van der Waals surface area contributed by atoms with Gasteiger partial charge in [0.1, 0.15) is 17.8 Å². The molecule has 8 heteroatoms. The molecule has 0 aliphatic rings. The van der Waals surface area contributed by atoms with E-state index in [1.165, 1.54) is 17.7 Å². The number of nitrogens with zero attached hydrogens (tertiary/aromatic N) is 3. The van der Waals surface area contributed by atoms with E-state index < -0.39 is 0 Å². The topological polar surface area (TPSA) is 80.8 Å². The summed E-state index contributed by atoms with van der Waals surface area (Å²) in [5.74, 6) is 0.189. The minimum Gasteiger partial charge on any atom is -0.456 e. The van der Waals surface area contributed by atoms with Gasteiger partial charge in [-0.25, -0.2) is 14.8 Å². The van der Waals surface area contributed by atoms with E-state index in [0.717, 1.165) is 4.88 Å². The fourth-order valence-corrected chi connectivity index (χ4v) is 3.12. The Labute approximate surface area is 122 Å². The van der Waals surface area contributed by atoms with E-state index in [1.807, 2.05) is 17.5 Å². The Kier molecular flexibility index (Phi) is 3.57. The van der Waals surface area contributed by atoms with Crippen molar-refractivity contribution in [3.8, 4) is 10.8 Å². The Balaban J connectivity index is 1.75. The number of aromatic nitrogens is 4. The van der Waals surface area contributed by atoms with Gasteiger partial charge in [0.25, 0.3) is 0 Å². The summed E-state index contributed by atoms with van der Waals surface area (Å²) in [7, 11) is 0. The van der Waals surface area contributed by atoms with Gasteiger partial charge in [-0.1, -0.05) is 6.07 Å². The highest BCUT2D eigenvalue weighted by molar-refractivity contribution is 7.17.